The quantitative estimate of drug-likeness (QED) is 0.474. The first-order valence-corrected chi connectivity index (χ1v) is 11.2. The van der Waals surface area contributed by atoms with Crippen molar-refractivity contribution in [3.8, 4) is 16.9 Å². The summed E-state index contributed by atoms with van der Waals surface area (Å²) < 4.78 is 11.6. The summed E-state index contributed by atoms with van der Waals surface area (Å²) in [5.41, 5.74) is 6.12. The third-order valence-electron chi connectivity index (χ3n) is 6.31. The second-order valence-electron chi connectivity index (χ2n) is 8.49. The Labute approximate surface area is 189 Å². The molecular weight excluding hydrogens is 398 g/mol. The van der Waals surface area contributed by atoms with E-state index in [1.54, 1.807) is 7.11 Å². The minimum atomic E-state index is 0.441. The zero-order valence-electron chi connectivity index (χ0n) is 18.5. The first-order chi connectivity index (χ1) is 15.8. The molecule has 1 N–H and O–H groups in total. The van der Waals surface area contributed by atoms with Crippen molar-refractivity contribution in [3.05, 3.63) is 84.1 Å². The molecule has 3 aromatic carbocycles. The highest BCUT2D eigenvalue weighted by Gasteiger charge is 2.21. The van der Waals surface area contributed by atoms with E-state index in [-0.39, 0.29) is 0 Å². The molecule has 1 saturated heterocycles. The van der Waals surface area contributed by atoms with Gasteiger partial charge in [-0.2, -0.15) is 5.10 Å². The number of para-hydroxylation sites is 1. The summed E-state index contributed by atoms with van der Waals surface area (Å²) in [5.74, 6) is 1.35. The molecule has 0 amide bonds. The average Bonchev–Trinajstić information content (AvgIpc) is 3.21. The van der Waals surface area contributed by atoms with Gasteiger partial charge in [0.1, 0.15) is 5.75 Å². The van der Waals surface area contributed by atoms with Crippen molar-refractivity contribution in [2.75, 3.05) is 33.4 Å². The van der Waals surface area contributed by atoms with E-state index in [0.717, 1.165) is 56.1 Å². The van der Waals surface area contributed by atoms with Crippen LogP contribution < -0.4 is 4.74 Å². The Hall–Kier alpha value is -3.15. The van der Waals surface area contributed by atoms with E-state index in [1.807, 2.05) is 18.3 Å². The van der Waals surface area contributed by atoms with E-state index in [0.29, 0.717) is 5.92 Å². The number of fused-ring (bicyclic) bond motifs is 1. The highest BCUT2D eigenvalue weighted by atomic mass is 16.5. The molecule has 164 valence electrons. The normalized spacial score (nSPS) is 17.3. The number of hydrogen-bond acceptors (Lipinski definition) is 4. The smallest absolute Gasteiger partial charge is 0.126 e. The van der Waals surface area contributed by atoms with Crippen molar-refractivity contribution < 1.29 is 9.47 Å². The second-order valence-corrected chi connectivity index (χ2v) is 8.49. The zero-order valence-corrected chi connectivity index (χ0v) is 18.5. The first-order valence-electron chi connectivity index (χ1n) is 11.2. The van der Waals surface area contributed by atoms with Gasteiger partial charge in [0.05, 0.1) is 32.0 Å². The number of nitrogens with zero attached hydrogens (tertiary/aromatic N) is 2. The molecule has 2 heterocycles. The summed E-state index contributed by atoms with van der Waals surface area (Å²) in [5, 5.41) is 8.51. The lowest BCUT2D eigenvalue weighted by molar-refractivity contribution is 0.122. The molecule has 32 heavy (non-hydrogen) atoms. The van der Waals surface area contributed by atoms with Gasteiger partial charge in [-0.1, -0.05) is 54.6 Å². The van der Waals surface area contributed by atoms with Crippen molar-refractivity contribution in [3.63, 3.8) is 0 Å². The van der Waals surface area contributed by atoms with Crippen LogP contribution in [0.1, 0.15) is 11.1 Å². The molecule has 0 aliphatic carbocycles. The third-order valence-corrected chi connectivity index (χ3v) is 6.31. The number of aromatic amines is 1. The van der Waals surface area contributed by atoms with Gasteiger partial charge in [0.25, 0.3) is 0 Å². The largest absolute Gasteiger partial charge is 0.496 e. The molecule has 1 unspecified atom stereocenters. The number of nitrogens with one attached hydrogen (secondary N) is 1. The molecule has 5 nitrogen and oxygen atoms in total. The van der Waals surface area contributed by atoms with E-state index >= 15 is 0 Å². The van der Waals surface area contributed by atoms with Crippen LogP contribution in [-0.4, -0.2) is 48.5 Å². The molecule has 5 rings (SSSR count). The number of H-pyrrole nitrogens is 1. The summed E-state index contributed by atoms with van der Waals surface area (Å²) in [6, 6.07) is 23.3. The van der Waals surface area contributed by atoms with Crippen molar-refractivity contribution in [2.45, 2.75) is 13.0 Å². The van der Waals surface area contributed by atoms with Crippen LogP contribution in [0.2, 0.25) is 0 Å². The fourth-order valence-electron chi connectivity index (χ4n) is 4.77. The van der Waals surface area contributed by atoms with Gasteiger partial charge in [-0.25, -0.2) is 0 Å². The van der Waals surface area contributed by atoms with Crippen LogP contribution in [0.3, 0.4) is 0 Å². The number of aromatic nitrogens is 2. The minimum Gasteiger partial charge on any atom is -0.496 e. The van der Waals surface area contributed by atoms with Gasteiger partial charge < -0.3 is 9.47 Å². The van der Waals surface area contributed by atoms with Crippen LogP contribution in [0.5, 0.6) is 5.75 Å². The van der Waals surface area contributed by atoms with Crippen LogP contribution >= 0.6 is 0 Å². The summed E-state index contributed by atoms with van der Waals surface area (Å²) in [4.78, 5) is 2.53. The number of benzene rings is 3. The Morgan fingerprint density at radius 2 is 1.81 bits per heavy atom. The summed E-state index contributed by atoms with van der Waals surface area (Å²) in [6.07, 6.45) is 2.92. The molecular formula is C27H29N3O2. The van der Waals surface area contributed by atoms with Crippen molar-refractivity contribution >= 4 is 10.9 Å². The molecule has 0 bridgehead atoms. The highest BCUT2D eigenvalue weighted by molar-refractivity contribution is 5.81. The van der Waals surface area contributed by atoms with Gasteiger partial charge in [-0.15, -0.1) is 0 Å². The van der Waals surface area contributed by atoms with Gasteiger partial charge in [-0.05, 0) is 41.2 Å². The van der Waals surface area contributed by atoms with Crippen LogP contribution in [-0.2, 0) is 17.7 Å². The van der Waals surface area contributed by atoms with Gasteiger partial charge in [-0.3, -0.25) is 10.00 Å². The van der Waals surface area contributed by atoms with E-state index in [2.05, 4.69) is 69.7 Å². The number of ether oxygens (including phenoxy) is 2. The Morgan fingerprint density at radius 3 is 2.72 bits per heavy atom. The molecule has 0 spiro atoms. The van der Waals surface area contributed by atoms with Crippen LogP contribution in [0.25, 0.3) is 22.0 Å². The van der Waals surface area contributed by atoms with Gasteiger partial charge in [0.2, 0.25) is 0 Å². The second kappa shape index (κ2) is 9.55. The monoisotopic (exact) mass is 427 g/mol. The topological polar surface area (TPSA) is 50.4 Å². The zero-order chi connectivity index (χ0) is 21.8. The molecule has 0 radical (unpaired) electrons. The number of hydrogen-bond donors (Lipinski definition) is 1. The van der Waals surface area contributed by atoms with E-state index < -0.39 is 0 Å². The highest BCUT2D eigenvalue weighted by Crippen LogP contribution is 2.33. The first kappa shape index (κ1) is 20.7. The Morgan fingerprint density at radius 1 is 1.00 bits per heavy atom. The molecule has 1 aliphatic rings. The lowest BCUT2D eigenvalue weighted by Gasteiger charge is -2.25. The summed E-state index contributed by atoms with van der Waals surface area (Å²) >= 11 is 0. The maximum atomic E-state index is 6.01. The fourth-order valence-corrected chi connectivity index (χ4v) is 4.77. The lowest BCUT2D eigenvalue weighted by Crippen LogP contribution is -2.30. The van der Waals surface area contributed by atoms with Gasteiger partial charge >= 0.3 is 0 Å². The lowest BCUT2D eigenvalue weighted by atomic mass is 9.96. The van der Waals surface area contributed by atoms with Gasteiger partial charge in [0, 0.05) is 30.6 Å². The summed E-state index contributed by atoms with van der Waals surface area (Å²) in [7, 11) is 1.73. The van der Waals surface area contributed by atoms with Crippen molar-refractivity contribution in [1.29, 1.82) is 0 Å². The van der Waals surface area contributed by atoms with E-state index in [4.69, 9.17) is 9.47 Å². The summed E-state index contributed by atoms with van der Waals surface area (Å²) in [6.45, 7) is 4.40. The molecule has 1 aromatic heterocycles. The Kier molecular flexibility index (Phi) is 6.19. The predicted molar refractivity (Wildman–Crippen MR) is 128 cm³/mol. The fraction of sp³-hybridized carbons (Fsp3) is 0.296. The van der Waals surface area contributed by atoms with E-state index in [9.17, 15) is 0 Å². The molecule has 0 saturated carbocycles. The molecule has 1 fully saturated rings. The van der Waals surface area contributed by atoms with Crippen molar-refractivity contribution in [1.82, 2.24) is 15.1 Å². The van der Waals surface area contributed by atoms with Crippen LogP contribution in [0.15, 0.2) is 72.9 Å². The molecule has 5 heteroatoms. The minimum absolute atomic E-state index is 0.441. The average molecular weight is 428 g/mol. The third kappa shape index (κ3) is 4.40. The Balaban J connectivity index is 1.36. The molecule has 1 atom stereocenters. The Bertz CT molecular complexity index is 1190. The number of rotatable bonds is 6. The maximum absolute atomic E-state index is 6.01. The predicted octanol–water partition coefficient (Wildman–Crippen LogP) is 4.93. The maximum Gasteiger partial charge on any atom is 0.126 e. The molecule has 4 aromatic rings. The van der Waals surface area contributed by atoms with Crippen LogP contribution in [0, 0.1) is 5.92 Å². The molecule has 1 aliphatic heterocycles. The number of methoxy groups -OCH3 is 1. The SMILES string of the molecule is COc1ccccc1-c1ccccc1CN1CCOCC(Cc2cccc3[nH]ncc23)C1. The van der Waals surface area contributed by atoms with E-state index in [1.165, 1.54) is 22.1 Å². The van der Waals surface area contributed by atoms with Gasteiger partial charge in [0.15, 0.2) is 0 Å². The van der Waals surface area contributed by atoms with Crippen molar-refractivity contribution in [2.24, 2.45) is 5.92 Å². The van der Waals surface area contributed by atoms with Crippen LogP contribution in [0.4, 0.5) is 0 Å². The standard InChI is InChI=1S/C27H29N3O2/c1-31-27-12-5-4-10-24(27)23-9-3-2-7-22(23)18-30-13-14-32-19-20(17-30)15-21-8-6-11-26-25(21)16-28-29-26/h2-12,16,20H,13-15,17-19H2,1H3,(H,28,29).